The van der Waals surface area contributed by atoms with Crippen molar-refractivity contribution in [3.8, 4) is 0 Å². The van der Waals surface area contributed by atoms with E-state index in [9.17, 15) is 13.9 Å². The smallest absolute Gasteiger partial charge is 0.135 e. The summed E-state index contributed by atoms with van der Waals surface area (Å²) in [5, 5.41) is 10.1. The average Bonchev–Trinajstić information content (AvgIpc) is 2.34. The Morgan fingerprint density at radius 2 is 1.89 bits per heavy atom. The van der Waals surface area contributed by atoms with Gasteiger partial charge in [0.05, 0.1) is 5.56 Å². The van der Waals surface area contributed by atoms with Gasteiger partial charge in [-0.15, -0.1) is 0 Å². The van der Waals surface area contributed by atoms with Crippen molar-refractivity contribution in [3.05, 3.63) is 64.5 Å². The van der Waals surface area contributed by atoms with Gasteiger partial charge in [-0.25, -0.2) is 8.78 Å². The van der Waals surface area contributed by atoms with Crippen LogP contribution in [0.3, 0.4) is 0 Å². The quantitative estimate of drug-likeness (QED) is 0.887. The molecule has 2 aromatic rings. The van der Waals surface area contributed by atoms with E-state index >= 15 is 0 Å². The Kier molecular flexibility index (Phi) is 3.39. The molecule has 18 heavy (non-hydrogen) atoms. The molecular weight excluding hydrogens is 236 g/mol. The third-order valence-electron chi connectivity index (χ3n) is 2.80. The Morgan fingerprint density at radius 3 is 2.56 bits per heavy atom. The Balaban J connectivity index is 2.52. The van der Waals surface area contributed by atoms with E-state index < -0.39 is 17.7 Å². The summed E-state index contributed by atoms with van der Waals surface area (Å²) in [4.78, 5) is 3.91. The lowest BCUT2D eigenvalue weighted by atomic mass is 9.99. The largest absolute Gasteiger partial charge is 0.383 e. The number of rotatable bonds is 2. The zero-order chi connectivity index (χ0) is 13.3. The number of hydrogen-bond acceptors (Lipinski definition) is 2. The lowest BCUT2D eigenvalue weighted by Crippen LogP contribution is -2.07. The van der Waals surface area contributed by atoms with Crippen LogP contribution in [0.1, 0.15) is 28.4 Å². The summed E-state index contributed by atoms with van der Waals surface area (Å²) in [6.45, 7) is 3.33. The molecular formula is C14H13F2NO. The molecule has 0 saturated carbocycles. The number of aliphatic hydroxyl groups excluding tert-OH is 1. The van der Waals surface area contributed by atoms with Crippen molar-refractivity contribution in [2.24, 2.45) is 0 Å². The van der Waals surface area contributed by atoms with Gasteiger partial charge < -0.3 is 5.11 Å². The van der Waals surface area contributed by atoms with Gasteiger partial charge in [0.1, 0.15) is 17.7 Å². The minimum Gasteiger partial charge on any atom is -0.383 e. The Hall–Kier alpha value is -1.81. The van der Waals surface area contributed by atoms with Crippen LogP contribution >= 0.6 is 0 Å². The second kappa shape index (κ2) is 4.82. The summed E-state index contributed by atoms with van der Waals surface area (Å²) in [6, 6.07) is 4.15. The molecule has 2 rings (SSSR count). The van der Waals surface area contributed by atoms with Crippen molar-refractivity contribution in [2.75, 3.05) is 0 Å². The fourth-order valence-corrected chi connectivity index (χ4v) is 1.82. The van der Waals surface area contributed by atoms with Crippen molar-refractivity contribution in [2.45, 2.75) is 20.0 Å². The molecule has 0 aliphatic carbocycles. The van der Waals surface area contributed by atoms with Gasteiger partial charge in [-0.3, -0.25) is 4.98 Å². The Morgan fingerprint density at radius 1 is 1.17 bits per heavy atom. The van der Waals surface area contributed by atoms with Crippen LogP contribution in [0.15, 0.2) is 30.6 Å². The highest BCUT2D eigenvalue weighted by Gasteiger charge is 2.21. The fraction of sp³-hybridized carbons (Fsp3) is 0.214. The van der Waals surface area contributed by atoms with E-state index in [0.29, 0.717) is 11.1 Å². The summed E-state index contributed by atoms with van der Waals surface area (Å²) in [5.74, 6) is -1.48. The third kappa shape index (κ3) is 2.24. The number of aryl methyl sites for hydroxylation is 2. The first kappa shape index (κ1) is 12.6. The van der Waals surface area contributed by atoms with Crippen LogP contribution in [0.4, 0.5) is 8.78 Å². The van der Waals surface area contributed by atoms with Crippen molar-refractivity contribution in [1.82, 2.24) is 4.98 Å². The second-order valence-electron chi connectivity index (χ2n) is 4.29. The molecule has 1 aromatic carbocycles. The third-order valence-corrected chi connectivity index (χ3v) is 2.80. The monoisotopic (exact) mass is 249 g/mol. The molecule has 1 N–H and O–H groups in total. The molecule has 1 aromatic heterocycles. The second-order valence-corrected chi connectivity index (χ2v) is 4.29. The molecule has 0 amide bonds. The van der Waals surface area contributed by atoms with Gasteiger partial charge in [0.25, 0.3) is 0 Å². The van der Waals surface area contributed by atoms with E-state index in [0.717, 1.165) is 11.6 Å². The van der Waals surface area contributed by atoms with Crippen LogP contribution in [-0.4, -0.2) is 10.1 Å². The molecule has 1 unspecified atom stereocenters. The molecule has 0 bridgehead atoms. The number of nitrogens with zero attached hydrogens (tertiary/aromatic N) is 1. The van der Waals surface area contributed by atoms with Gasteiger partial charge in [0, 0.05) is 18.0 Å². The van der Waals surface area contributed by atoms with Crippen LogP contribution in [0.25, 0.3) is 0 Å². The van der Waals surface area contributed by atoms with E-state index in [1.54, 1.807) is 19.2 Å². The fourth-order valence-electron chi connectivity index (χ4n) is 1.82. The highest BCUT2D eigenvalue weighted by atomic mass is 19.1. The first-order valence-electron chi connectivity index (χ1n) is 5.55. The number of benzene rings is 1. The highest BCUT2D eigenvalue weighted by molar-refractivity contribution is 5.34. The van der Waals surface area contributed by atoms with E-state index in [-0.39, 0.29) is 5.56 Å². The molecule has 0 fully saturated rings. The van der Waals surface area contributed by atoms with E-state index in [1.165, 1.54) is 19.2 Å². The summed E-state index contributed by atoms with van der Waals surface area (Å²) < 4.78 is 27.5. The molecule has 4 heteroatoms. The lowest BCUT2D eigenvalue weighted by molar-refractivity contribution is 0.208. The first-order valence-corrected chi connectivity index (χ1v) is 5.55. The zero-order valence-corrected chi connectivity index (χ0v) is 10.1. The molecule has 1 atom stereocenters. The van der Waals surface area contributed by atoms with Crippen LogP contribution in [0, 0.1) is 25.5 Å². The van der Waals surface area contributed by atoms with E-state index in [4.69, 9.17) is 0 Å². The van der Waals surface area contributed by atoms with Gasteiger partial charge >= 0.3 is 0 Å². The van der Waals surface area contributed by atoms with Crippen LogP contribution < -0.4 is 0 Å². The van der Waals surface area contributed by atoms with Crippen molar-refractivity contribution in [3.63, 3.8) is 0 Å². The number of halogens is 2. The minimum absolute atomic E-state index is 0.297. The van der Waals surface area contributed by atoms with Crippen molar-refractivity contribution < 1.29 is 13.9 Å². The zero-order valence-electron chi connectivity index (χ0n) is 10.1. The van der Waals surface area contributed by atoms with Crippen molar-refractivity contribution >= 4 is 0 Å². The molecule has 94 valence electrons. The average molecular weight is 249 g/mol. The first-order chi connectivity index (χ1) is 8.50. The van der Waals surface area contributed by atoms with Gasteiger partial charge in [-0.05, 0) is 31.0 Å². The number of pyridine rings is 1. The molecule has 1 heterocycles. The predicted octanol–water partition coefficient (Wildman–Crippen LogP) is 3.06. The Bertz CT molecular complexity index is 584. The summed E-state index contributed by atoms with van der Waals surface area (Å²) in [5.41, 5.74) is 1.16. The number of hydrogen-bond donors (Lipinski definition) is 1. The standard InChI is InChI=1S/C14H13F2NO/c1-8-5-10(7-17-6-8)14(18)12-11(15)4-3-9(2)13(12)16/h3-7,14,18H,1-2H3. The molecule has 0 aliphatic rings. The van der Waals surface area contributed by atoms with Crippen molar-refractivity contribution in [1.29, 1.82) is 0 Å². The molecule has 0 aliphatic heterocycles. The predicted molar refractivity (Wildman–Crippen MR) is 64.1 cm³/mol. The minimum atomic E-state index is -1.35. The van der Waals surface area contributed by atoms with Crippen LogP contribution in [0.2, 0.25) is 0 Å². The topological polar surface area (TPSA) is 33.1 Å². The van der Waals surface area contributed by atoms with Gasteiger partial charge in [0.15, 0.2) is 0 Å². The van der Waals surface area contributed by atoms with Crippen LogP contribution in [-0.2, 0) is 0 Å². The normalized spacial score (nSPS) is 12.5. The van der Waals surface area contributed by atoms with Gasteiger partial charge in [-0.2, -0.15) is 0 Å². The Labute approximate surface area is 104 Å². The van der Waals surface area contributed by atoms with Crippen LogP contribution in [0.5, 0.6) is 0 Å². The van der Waals surface area contributed by atoms with E-state index in [2.05, 4.69) is 4.98 Å². The maximum atomic E-state index is 13.9. The number of aromatic nitrogens is 1. The lowest BCUT2D eigenvalue weighted by Gasteiger charge is -2.14. The maximum Gasteiger partial charge on any atom is 0.135 e. The molecule has 0 radical (unpaired) electrons. The number of aliphatic hydroxyl groups is 1. The SMILES string of the molecule is Cc1cncc(C(O)c2c(F)ccc(C)c2F)c1. The van der Waals surface area contributed by atoms with Gasteiger partial charge in [-0.1, -0.05) is 12.1 Å². The maximum absolute atomic E-state index is 13.9. The molecule has 0 spiro atoms. The van der Waals surface area contributed by atoms with Gasteiger partial charge in [0.2, 0.25) is 0 Å². The molecule has 2 nitrogen and oxygen atoms in total. The molecule has 0 saturated heterocycles. The highest BCUT2D eigenvalue weighted by Crippen LogP contribution is 2.28. The summed E-state index contributed by atoms with van der Waals surface area (Å²) in [7, 11) is 0. The summed E-state index contributed by atoms with van der Waals surface area (Å²) >= 11 is 0. The van der Waals surface area contributed by atoms with E-state index in [1.807, 2.05) is 0 Å². The summed E-state index contributed by atoms with van der Waals surface area (Å²) in [6.07, 6.45) is 1.66.